The Morgan fingerprint density at radius 1 is 1.17 bits per heavy atom. The van der Waals surface area contributed by atoms with E-state index in [4.69, 9.17) is 40.1 Å². The van der Waals surface area contributed by atoms with Gasteiger partial charge in [0, 0.05) is 5.02 Å². The van der Waals surface area contributed by atoms with E-state index in [9.17, 15) is 14.4 Å². The van der Waals surface area contributed by atoms with Gasteiger partial charge >= 0.3 is 6.03 Å². The maximum atomic E-state index is 12.9. The number of benzene rings is 2. The lowest BCUT2D eigenvalue weighted by Crippen LogP contribution is -2.42. The largest absolute Gasteiger partial charge is 0.325 e. The number of carbonyl (C=O) groups is 3. The molecule has 0 aromatic heterocycles. The van der Waals surface area contributed by atoms with Gasteiger partial charge < -0.3 is 10.6 Å². The second kappa shape index (κ2) is 7.91. The van der Waals surface area contributed by atoms with E-state index in [0.29, 0.717) is 15.6 Å². The van der Waals surface area contributed by atoms with Crippen molar-refractivity contribution in [2.24, 2.45) is 0 Å². The number of carbonyl (C=O) groups excluding carboxylic acids is 3. The van der Waals surface area contributed by atoms with Crippen molar-refractivity contribution in [3.8, 4) is 6.07 Å². The molecule has 10 heteroatoms. The fourth-order valence-electron chi connectivity index (χ4n) is 2.89. The summed E-state index contributed by atoms with van der Waals surface area (Å²) in [6.45, 7) is 0.967. The SMILES string of the molecule is CC1(c2ccc(Cl)c(Cl)c2)NC(=O)N(CC(=O)Nc2cc(Cl)ccc2C#N)C1=O. The van der Waals surface area contributed by atoms with Gasteiger partial charge in [-0.1, -0.05) is 40.9 Å². The molecule has 2 aromatic rings. The van der Waals surface area contributed by atoms with Crippen LogP contribution in [-0.4, -0.2) is 29.3 Å². The van der Waals surface area contributed by atoms with Crippen molar-refractivity contribution in [1.82, 2.24) is 10.2 Å². The standard InChI is InChI=1S/C19H13Cl3N4O3/c1-19(11-3-5-13(21)14(22)6-11)17(28)26(18(29)25-19)9-16(27)24-15-7-12(20)4-2-10(15)8-23/h2-7H,9H2,1H3,(H,24,27)(H,25,29). The zero-order chi connectivity index (χ0) is 21.3. The van der Waals surface area contributed by atoms with E-state index in [1.165, 1.54) is 37.3 Å². The highest BCUT2D eigenvalue weighted by atomic mass is 35.5. The molecule has 148 valence electrons. The number of amides is 4. The van der Waals surface area contributed by atoms with Crippen molar-refractivity contribution < 1.29 is 14.4 Å². The van der Waals surface area contributed by atoms with Gasteiger partial charge in [-0.2, -0.15) is 5.26 Å². The lowest BCUT2D eigenvalue weighted by Gasteiger charge is -2.22. The summed E-state index contributed by atoms with van der Waals surface area (Å²) in [6.07, 6.45) is 0. The molecule has 0 bridgehead atoms. The lowest BCUT2D eigenvalue weighted by atomic mass is 9.92. The lowest BCUT2D eigenvalue weighted by molar-refractivity contribution is -0.133. The Bertz CT molecular complexity index is 1080. The third kappa shape index (κ3) is 4.01. The zero-order valence-electron chi connectivity index (χ0n) is 14.9. The molecule has 1 fully saturated rings. The molecule has 1 atom stereocenters. The summed E-state index contributed by atoms with van der Waals surface area (Å²) in [5, 5.41) is 15.1. The number of nitrogens with zero attached hydrogens (tertiary/aromatic N) is 2. The first kappa shape index (κ1) is 20.9. The highest BCUT2D eigenvalue weighted by Crippen LogP contribution is 2.33. The Hall–Kier alpha value is -2.79. The normalized spacial score (nSPS) is 18.4. The number of rotatable bonds is 4. The summed E-state index contributed by atoms with van der Waals surface area (Å²) in [7, 11) is 0. The minimum Gasteiger partial charge on any atom is -0.323 e. The Kier molecular flexibility index (Phi) is 5.71. The molecule has 1 heterocycles. The summed E-state index contributed by atoms with van der Waals surface area (Å²) in [5.41, 5.74) is -0.598. The first-order chi connectivity index (χ1) is 13.7. The average molecular weight is 452 g/mol. The number of imide groups is 1. The monoisotopic (exact) mass is 450 g/mol. The van der Waals surface area contributed by atoms with Crippen molar-refractivity contribution in [3.63, 3.8) is 0 Å². The van der Waals surface area contributed by atoms with E-state index >= 15 is 0 Å². The molecule has 2 aromatic carbocycles. The van der Waals surface area contributed by atoms with Crippen molar-refractivity contribution in [3.05, 3.63) is 62.6 Å². The minimum atomic E-state index is -1.40. The molecule has 1 aliphatic rings. The number of hydrogen-bond acceptors (Lipinski definition) is 4. The van der Waals surface area contributed by atoms with E-state index in [2.05, 4.69) is 10.6 Å². The van der Waals surface area contributed by atoms with Gasteiger partial charge in [-0.3, -0.25) is 14.5 Å². The molecule has 0 radical (unpaired) electrons. The van der Waals surface area contributed by atoms with Crippen molar-refractivity contribution in [2.45, 2.75) is 12.5 Å². The Balaban J connectivity index is 1.80. The van der Waals surface area contributed by atoms with E-state index in [1.54, 1.807) is 6.07 Å². The first-order valence-electron chi connectivity index (χ1n) is 8.25. The van der Waals surface area contributed by atoms with Gasteiger partial charge in [-0.25, -0.2) is 4.79 Å². The maximum absolute atomic E-state index is 12.9. The van der Waals surface area contributed by atoms with Gasteiger partial charge in [0.05, 0.1) is 21.3 Å². The molecule has 7 nitrogen and oxygen atoms in total. The number of halogens is 3. The Labute approximate surface area is 181 Å². The molecular weight excluding hydrogens is 439 g/mol. The zero-order valence-corrected chi connectivity index (χ0v) is 17.2. The summed E-state index contributed by atoms with van der Waals surface area (Å²) >= 11 is 17.8. The van der Waals surface area contributed by atoms with Gasteiger partial charge in [0.25, 0.3) is 5.91 Å². The average Bonchev–Trinajstić information content (AvgIpc) is 2.88. The van der Waals surface area contributed by atoms with Crippen LogP contribution in [0.25, 0.3) is 0 Å². The summed E-state index contributed by atoms with van der Waals surface area (Å²) in [6, 6.07) is 10.1. The molecule has 1 aliphatic heterocycles. The molecule has 0 spiro atoms. The fourth-order valence-corrected chi connectivity index (χ4v) is 3.36. The maximum Gasteiger partial charge on any atom is 0.325 e. The van der Waals surface area contributed by atoms with Crippen molar-refractivity contribution >= 4 is 58.3 Å². The number of anilines is 1. The highest BCUT2D eigenvalue weighted by molar-refractivity contribution is 6.42. The van der Waals surface area contributed by atoms with Gasteiger partial charge in [0.1, 0.15) is 18.2 Å². The topological polar surface area (TPSA) is 102 Å². The first-order valence-corrected chi connectivity index (χ1v) is 9.38. The number of nitrogens with one attached hydrogen (secondary N) is 2. The number of hydrogen-bond donors (Lipinski definition) is 2. The van der Waals surface area contributed by atoms with Crippen LogP contribution in [0.2, 0.25) is 15.1 Å². The van der Waals surface area contributed by atoms with Gasteiger partial charge in [0.2, 0.25) is 5.91 Å². The van der Waals surface area contributed by atoms with Crippen LogP contribution >= 0.6 is 34.8 Å². The second-order valence-corrected chi connectivity index (χ2v) is 7.68. The van der Waals surface area contributed by atoms with Crippen LogP contribution in [0.3, 0.4) is 0 Å². The molecular formula is C19H13Cl3N4O3. The van der Waals surface area contributed by atoms with E-state index < -0.39 is 29.9 Å². The molecule has 1 saturated heterocycles. The van der Waals surface area contributed by atoms with Crippen LogP contribution < -0.4 is 10.6 Å². The summed E-state index contributed by atoms with van der Waals surface area (Å²) in [4.78, 5) is 38.5. The predicted octanol–water partition coefficient (Wildman–Crippen LogP) is 3.92. The fraction of sp³-hybridized carbons (Fsp3) is 0.158. The minimum absolute atomic E-state index is 0.185. The quantitative estimate of drug-likeness (QED) is 0.688. The second-order valence-electron chi connectivity index (χ2n) is 6.43. The van der Waals surface area contributed by atoms with Crippen LogP contribution in [0.15, 0.2) is 36.4 Å². The molecule has 3 rings (SSSR count). The molecule has 4 amide bonds. The van der Waals surface area contributed by atoms with Gasteiger partial charge in [-0.15, -0.1) is 0 Å². The number of urea groups is 1. The van der Waals surface area contributed by atoms with Crippen LogP contribution in [0, 0.1) is 11.3 Å². The summed E-state index contributed by atoms with van der Waals surface area (Å²) in [5.74, 6) is -1.28. The van der Waals surface area contributed by atoms with E-state index in [1.807, 2.05) is 6.07 Å². The van der Waals surface area contributed by atoms with Crippen LogP contribution in [0.5, 0.6) is 0 Å². The third-order valence-corrected chi connectivity index (χ3v) is 5.42. The molecule has 0 saturated carbocycles. The molecule has 29 heavy (non-hydrogen) atoms. The smallest absolute Gasteiger partial charge is 0.323 e. The van der Waals surface area contributed by atoms with Gasteiger partial charge in [-0.05, 0) is 42.8 Å². The van der Waals surface area contributed by atoms with E-state index in [0.717, 1.165) is 4.90 Å². The van der Waals surface area contributed by atoms with Crippen LogP contribution in [-0.2, 0) is 15.1 Å². The Morgan fingerprint density at radius 2 is 1.90 bits per heavy atom. The third-order valence-electron chi connectivity index (χ3n) is 4.45. The molecule has 1 unspecified atom stereocenters. The molecule has 2 N–H and O–H groups in total. The van der Waals surface area contributed by atoms with Gasteiger partial charge in [0.15, 0.2) is 0 Å². The number of nitriles is 1. The van der Waals surface area contributed by atoms with E-state index in [-0.39, 0.29) is 16.3 Å². The highest BCUT2D eigenvalue weighted by Gasteiger charge is 2.49. The Morgan fingerprint density at radius 3 is 2.55 bits per heavy atom. The van der Waals surface area contributed by atoms with Crippen LogP contribution in [0.4, 0.5) is 10.5 Å². The van der Waals surface area contributed by atoms with Crippen molar-refractivity contribution in [1.29, 1.82) is 5.26 Å². The molecule has 0 aliphatic carbocycles. The predicted molar refractivity (Wildman–Crippen MR) is 109 cm³/mol. The van der Waals surface area contributed by atoms with Crippen molar-refractivity contribution in [2.75, 3.05) is 11.9 Å². The van der Waals surface area contributed by atoms with Crippen LogP contribution in [0.1, 0.15) is 18.1 Å². The summed E-state index contributed by atoms with van der Waals surface area (Å²) < 4.78 is 0.